The molecule has 0 aliphatic rings. The molecule has 0 amide bonds. The van der Waals surface area contributed by atoms with Gasteiger partial charge in [-0.3, -0.25) is 0 Å². The van der Waals surface area contributed by atoms with Gasteiger partial charge in [-0.15, -0.1) is 0 Å². The van der Waals surface area contributed by atoms with Crippen molar-refractivity contribution >= 4 is 23.2 Å². The first-order valence-electron chi connectivity index (χ1n) is 6.05. The molecule has 100 valence electrons. The van der Waals surface area contributed by atoms with Crippen LogP contribution in [0.5, 0.6) is 5.75 Å². The van der Waals surface area contributed by atoms with Gasteiger partial charge in [-0.1, -0.05) is 53.5 Å². The summed E-state index contributed by atoms with van der Waals surface area (Å²) in [5.74, 6) is 0.582. The van der Waals surface area contributed by atoms with Crippen LogP contribution >= 0.6 is 23.2 Å². The Morgan fingerprint density at radius 1 is 1.11 bits per heavy atom. The third kappa shape index (κ3) is 3.21. The van der Waals surface area contributed by atoms with E-state index in [9.17, 15) is 0 Å². The van der Waals surface area contributed by atoms with Crippen molar-refractivity contribution in [1.29, 1.82) is 0 Å². The molecule has 2 aromatic rings. The summed E-state index contributed by atoms with van der Waals surface area (Å²) in [4.78, 5) is 0. The van der Waals surface area contributed by atoms with Crippen LogP contribution in [0.1, 0.15) is 24.1 Å². The molecule has 4 heteroatoms. The van der Waals surface area contributed by atoms with Crippen molar-refractivity contribution in [2.75, 3.05) is 6.61 Å². The monoisotopic (exact) mass is 295 g/mol. The van der Waals surface area contributed by atoms with E-state index < -0.39 is 0 Å². The lowest BCUT2D eigenvalue weighted by molar-refractivity contribution is 0.340. The number of hydrogen-bond donors (Lipinski definition) is 1. The molecule has 2 nitrogen and oxygen atoms in total. The molecule has 0 heterocycles. The van der Waals surface area contributed by atoms with Crippen molar-refractivity contribution in [3.63, 3.8) is 0 Å². The largest absolute Gasteiger partial charge is 0.492 e. The van der Waals surface area contributed by atoms with Gasteiger partial charge in [-0.25, -0.2) is 0 Å². The van der Waals surface area contributed by atoms with E-state index in [0.717, 1.165) is 11.1 Å². The summed E-state index contributed by atoms with van der Waals surface area (Å²) < 4.78 is 5.40. The van der Waals surface area contributed by atoms with Gasteiger partial charge in [0.2, 0.25) is 0 Å². The van der Waals surface area contributed by atoms with Crippen molar-refractivity contribution in [1.82, 2.24) is 0 Å². The maximum atomic E-state index is 6.26. The van der Waals surface area contributed by atoms with Crippen LogP contribution in [0.25, 0.3) is 0 Å². The molecular formula is C15H15Cl2NO. The molecule has 0 fully saturated rings. The normalized spacial score (nSPS) is 12.2. The molecule has 2 rings (SSSR count). The molecule has 0 radical (unpaired) electrons. The molecule has 0 aliphatic heterocycles. The highest BCUT2D eigenvalue weighted by Crippen LogP contribution is 2.35. The maximum absolute atomic E-state index is 6.26. The Labute approximate surface area is 123 Å². The van der Waals surface area contributed by atoms with Crippen LogP contribution in [-0.2, 0) is 0 Å². The minimum Gasteiger partial charge on any atom is -0.492 e. The van der Waals surface area contributed by atoms with E-state index in [4.69, 9.17) is 33.7 Å². The molecule has 0 aromatic heterocycles. The lowest BCUT2D eigenvalue weighted by atomic mass is 9.99. The highest BCUT2D eigenvalue weighted by Gasteiger charge is 2.15. The predicted molar refractivity (Wildman–Crippen MR) is 80.1 cm³/mol. The summed E-state index contributed by atoms with van der Waals surface area (Å²) >= 11 is 12.4. The van der Waals surface area contributed by atoms with Crippen molar-refractivity contribution < 1.29 is 4.74 Å². The lowest BCUT2D eigenvalue weighted by Crippen LogP contribution is -2.12. The molecule has 0 spiro atoms. The Kier molecular flexibility index (Phi) is 4.70. The second-order valence-electron chi connectivity index (χ2n) is 4.13. The van der Waals surface area contributed by atoms with Gasteiger partial charge in [-0.2, -0.15) is 0 Å². The number of rotatable bonds is 4. The lowest BCUT2D eigenvalue weighted by Gasteiger charge is -2.16. The predicted octanol–water partition coefficient (Wildman–Crippen LogP) is 4.44. The van der Waals surface area contributed by atoms with Crippen LogP contribution in [0.2, 0.25) is 10.0 Å². The molecule has 2 N–H and O–H groups in total. The summed E-state index contributed by atoms with van der Waals surface area (Å²) in [5, 5.41) is 1.08. The quantitative estimate of drug-likeness (QED) is 0.905. The third-order valence-electron chi connectivity index (χ3n) is 2.84. The van der Waals surface area contributed by atoms with Crippen molar-refractivity contribution in [3.8, 4) is 5.75 Å². The van der Waals surface area contributed by atoms with Crippen LogP contribution < -0.4 is 10.5 Å². The number of hydrogen-bond acceptors (Lipinski definition) is 2. The Morgan fingerprint density at radius 3 is 2.42 bits per heavy atom. The molecular weight excluding hydrogens is 281 g/mol. The number of halogens is 2. The Hall–Kier alpha value is -1.22. The van der Waals surface area contributed by atoms with Crippen molar-refractivity contribution in [2.24, 2.45) is 5.73 Å². The smallest absolute Gasteiger partial charge is 0.139 e. The van der Waals surface area contributed by atoms with Crippen LogP contribution in [0, 0.1) is 0 Å². The first-order valence-corrected chi connectivity index (χ1v) is 6.81. The zero-order chi connectivity index (χ0) is 13.8. The van der Waals surface area contributed by atoms with E-state index in [1.807, 2.05) is 37.3 Å². The summed E-state index contributed by atoms with van der Waals surface area (Å²) in [6.45, 7) is 2.44. The summed E-state index contributed by atoms with van der Waals surface area (Å²) in [6, 6.07) is 12.9. The topological polar surface area (TPSA) is 35.2 Å². The van der Waals surface area contributed by atoms with Crippen LogP contribution in [-0.4, -0.2) is 6.61 Å². The minimum atomic E-state index is -0.304. The van der Waals surface area contributed by atoms with Gasteiger partial charge >= 0.3 is 0 Å². The Morgan fingerprint density at radius 2 is 1.79 bits per heavy atom. The molecule has 19 heavy (non-hydrogen) atoms. The minimum absolute atomic E-state index is 0.304. The fourth-order valence-electron chi connectivity index (χ4n) is 1.89. The number of benzene rings is 2. The fraction of sp³-hybridized carbons (Fsp3) is 0.200. The summed E-state index contributed by atoms with van der Waals surface area (Å²) in [6.07, 6.45) is 0. The van der Waals surface area contributed by atoms with Gasteiger partial charge < -0.3 is 10.5 Å². The van der Waals surface area contributed by atoms with Crippen LogP contribution in [0.3, 0.4) is 0 Å². The van der Waals surface area contributed by atoms with E-state index in [-0.39, 0.29) is 6.04 Å². The summed E-state index contributed by atoms with van der Waals surface area (Å²) in [7, 11) is 0. The van der Waals surface area contributed by atoms with Crippen molar-refractivity contribution in [3.05, 3.63) is 63.6 Å². The molecule has 0 bridgehead atoms. The Bertz CT molecular complexity index is 558. The van der Waals surface area contributed by atoms with E-state index in [1.165, 1.54) is 0 Å². The average Bonchev–Trinajstić information content (AvgIpc) is 2.43. The number of ether oxygens (including phenoxy) is 1. The van der Waals surface area contributed by atoms with E-state index >= 15 is 0 Å². The van der Waals surface area contributed by atoms with Gasteiger partial charge in [-0.05, 0) is 24.1 Å². The number of nitrogens with two attached hydrogens (primary N) is 1. The van der Waals surface area contributed by atoms with E-state index in [0.29, 0.717) is 22.4 Å². The van der Waals surface area contributed by atoms with Crippen LogP contribution in [0.15, 0.2) is 42.5 Å². The molecule has 0 saturated heterocycles. The summed E-state index contributed by atoms with van der Waals surface area (Å²) in [5.41, 5.74) is 8.01. The fourth-order valence-corrected chi connectivity index (χ4v) is 2.39. The van der Waals surface area contributed by atoms with Crippen molar-refractivity contribution in [2.45, 2.75) is 13.0 Å². The standard InChI is InChI=1S/C15H15Cl2NO/c1-2-19-14-9-12(16)11(8-13(14)17)15(18)10-6-4-3-5-7-10/h3-9,15H,2,18H2,1H3. The first-order chi connectivity index (χ1) is 9.13. The third-order valence-corrected chi connectivity index (χ3v) is 3.47. The van der Waals surface area contributed by atoms with Gasteiger partial charge in [0.1, 0.15) is 5.75 Å². The van der Waals surface area contributed by atoms with Gasteiger partial charge in [0.05, 0.1) is 17.7 Å². The molecule has 2 aromatic carbocycles. The molecule has 1 unspecified atom stereocenters. The first kappa shape index (κ1) is 14.2. The molecule has 0 aliphatic carbocycles. The molecule has 1 atom stereocenters. The second-order valence-corrected chi connectivity index (χ2v) is 4.94. The maximum Gasteiger partial charge on any atom is 0.139 e. The van der Waals surface area contributed by atoms with E-state index in [2.05, 4.69) is 0 Å². The van der Waals surface area contributed by atoms with E-state index in [1.54, 1.807) is 12.1 Å². The average molecular weight is 296 g/mol. The van der Waals surface area contributed by atoms with Crippen LogP contribution in [0.4, 0.5) is 0 Å². The second kappa shape index (κ2) is 6.29. The zero-order valence-corrected chi connectivity index (χ0v) is 12.1. The highest BCUT2D eigenvalue weighted by atomic mass is 35.5. The van der Waals surface area contributed by atoms with Gasteiger partial charge in [0.25, 0.3) is 0 Å². The van der Waals surface area contributed by atoms with Gasteiger partial charge in [0.15, 0.2) is 0 Å². The Balaban J connectivity index is 2.38. The van der Waals surface area contributed by atoms with Gasteiger partial charge in [0, 0.05) is 11.1 Å². The highest BCUT2D eigenvalue weighted by molar-refractivity contribution is 6.34. The SMILES string of the molecule is CCOc1cc(Cl)c(C(N)c2ccccc2)cc1Cl. The zero-order valence-electron chi connectivity index (χ0n) is 10.6. The molecule has 0 saturated carbocycles.